The number of hydrogen-bond acceptors (Lipinski definition) is 0. The summed E-state index contributed by atoms with van der Waals surface area (Å²) in [7, 11) is -1.56. The van der Waals surface area contributed by atoms with Crippen LogP contribution in [0.3, 0.4) is 0 Å². The average Bonchev–Trinajstić information content (AvgIpc) is 2.85. The Labute approximate surface area is 209 Å². The van der Waals surface area contributed by atoms with Crippen LogP contribution in [0.1, 0.15) is 124 Å². The van der Waals surface area contributed by atoms with Gasteiger partial charge in [0.25, 0.3) is 0 Å². The van der Waals surface area contributed by atoms with Gasteiger partial charge in [0.15, 0.2) is 0 Å². The summed E-state index contributed by atoms with van der Waals surface area (Å²) in [4.78, 5) is 0. The zero-order valence-electron chi connectivity index (χ0n) is 22.6. The molecule has 1 heteroatoms. The van der Waals surface area contributed by atoms with Crippen LogP contribution in [0, 0.1) is 0 Å². The summed E-state index contributed by atoms with van der Waals surface area (Å²) in [6, 6.07) is 15.7. The number of rotatable bonds is 22. The van der Waals surface area contributed by atoms with Crippen LogP contribution < -0.4 is 5.19 Å². The topological polar surface area (TPSA) is 0 Å². The lowest BCUT2D eigenvalue weighted by Crippen LogP contribution is -2.46. The highest BCUT2D eigenvalue weighted by molar-refractivity contribution is 6.92. The van der Waals surface area contributed by atoms with Crippen molar-refractivity contribution in [1.82, 2.24) is 0 Å². The highest BCUT2D eigenvalue weighted by atomic mass is 28.3. The lowest BCUT2D eigenvalue weighted by atomic mass is 10.1. The Balaban J connectivity index is 2.78. The molecule has 0 aromatic heterocycles. The summed E-state index contributed by atoms with van der Waals surface area (Å²) >= 11 is 0. The van der Waals surface area contributed by atoms with Crippen LogP contribution in [0.15, 0.2) is 54.6 Å². The maximum Gasteiger partial charge on any atom is 0.0940 e. The minimum Gasteiger partial charge on any atom is -0.0909 e. The summed E-state index contributed by atoms with van der Waals surface area (Å²) in [6.45, 7) is 6.91. The molecule has 0 aliphatic heterocycles. The molecule has 1 aromatic carbocycles. The maximum atomic E-state index is 2.57. The van der Waals surface area contributed by atoms with E-state index in [1.165, 1.54) is 121 Å². The number of allylic oxidation sites excluding steroid dienone is 4. The third kappa shape index (κ3) is 14.7. The van der Waals surface area contributed by atoms with Crippen LogP contribution in [-0.4, -0.2) is 8.07 Å². The molecular weight excluding hydrogens is 412 g/mol. The van der Waals surface area contributed by atoms with E-state index in [1.54, 1.807) is 5.19 Å². The van der Waals surface area contributed by atoms with Crippen molar-refractivity contribution < 1.29 is 0 Å². The normalized spacial score (nSPS) is 13.8. The molecule has 0 amide bonds. The van der Waals surface area contributed by atoms with E-state index in [9.17, 15) is 0 Å². The largest absolute Gasteiger partial charge is 0.0940 e. The second-order valence-corrected chi connectivity index (χ2v) is 14.7. The first-order valence-electron chi connectivity index (χ1n) is 14.6. The van der Waals surface area contributed by atoms with Gasteiger partial charge in [0, 0.05) is 0 Å². The minimum atomic E-state index is -1.56. The van der Waals surface area contributed by atoms with Gasteiger partial charge in [0.1, 0.15) is 0 Å². The van der Waals surface area contributed by atoms with Crippen molar-refractivity contribution in [1.29, 1.82) is 0 Å². The molecule has 0 atom stereocenters. The number of hydrogen-bond donors (Lipinski definition) is 0. The molecule has 0 spiro atoms. The number of unbranched alkanes of at least 4 members (excludes halogenated alkanes) is 13. The van der Waals surface area contributed by atoms with Crippen molar-refractivity contribution >= 4 is 13.3 Å². The zero-order chi connectivity index (χ0) is 23.9. The van der Waals surface area contributed by atoms with Crippen LogP contribution in [0.5, 0.6) is 0 Å². The fraction of sp³-hybridized carbons (Fsp3) is 0.688. The Morgan fingerprint density at radius 2 is 0.970 bits per heavy atom. The molecule has 0 saturated carbocycles. The van der Waals surface area contributed by atoms with Gasteiger partial charge in [0.2, 0.25) is 0 Å². The molecule has 1 rings (SSSR count). The monoisotopic (exact) mass is 468 g/mol. The molecule has 0 aliphatic rings. The molecule has 1 aromatic rings. The lowest BCUT2D eigenvalue weighted by Gasteiger charge is -2.31. The summed E-state index contributed by atoms with van der Waals surface area (Å²) in [5, 5.41) is 1.68. The van der Waals surface area contributed by atoms with E-state index in [2.05, 4.69) is 75.4 Å². The summed E-state index contributed by atoms with van der Waals surface area (Å²) in [5.41, 5.74) is 0. The van der Waals surface area contributed by atoms with E-state index in [0.29, 0.717) is 0 Å². The molecule has 33 heavy (non-hydrogen) atoms. The highest BCUT2D eigenvalue weighted by Gasteiger charge is 2.31. The van der Waals surface area contributed by atoms with Crippen LogP contribution in [0.4, 0.5) is 0 Å². The predicted octanol–water partition coefficient (Wildman–Crippen LogP) is 10.8. The van der Waals surface area contributed by atoms with Crippen LogP contribution in [0.2, 0.25) is 18.1 Å². The van der Waals surface area contributed by atoms with Crippen molar-refractivity contribution in [3.05, 3.63) is 54.6 Å². The van der Waals surface area contributed by atoms with E-state index in [-0.39, 0.29) is 0 Å². The first-order chi connectivity index (χ1) is 16.3. The Bertz CT molecular complexity index is 564. The maximum absolute atomic E-state index is 2.57. The van der Waals surface area contributed by atoms with E-state index in [4.69, 9.17) is 0 Å². The zero-order valence-corrected chi connectivity index (χ0v) is 23.6. The van der Waals surface area contributed by atoms with Gasteiger partial charge in [-0.25, -0.2) is 0 Å². The van der Waals surface area contributed by atoms with Crippen molar-refractivity contribution in [2.24, 2.45) is 0 Å². The molecule has 188 valence electrons. The fourth-order valence-corrected chi connectivity index (χ4v) is 9.33. The predicted molar refractivity (Wildman–Crippen MR) is 155 cm³/mol. The van der Waals surface area contributed by atoms with Crippen molar-refractivity contribution in [3.63, 3.8) is 0 Å². The van der Waals surface area contributed by atoms with Gasteiger partial charge < -0.3 is 0 Å². The molecule has 0 bridgehead atoms. The third-order valence-corrected chi connectivity index (χ3v) is 12.1. The van der Waals surface area contributed by atoms with Crippen LogP contribution in [0.25, 0.3) is 0 Å². The van der Waals surface area contributed by atoms with Gasteiger partial charge in [-0.05, 0) is 37.8 Å². The fourth-order valence-electron chi connectivity index (χ4n) is 4.93. The highest BCUT2D eigenvalue weighted by Crippen LogP contribution is 2.27. The summed E-state index contributed by atoms with van der Waals surface area (Å²) in [6.07, 6.45) is 32.1. The van der Waals surface area contributed by atoms with Gasteiger partial charge in [0.05, 0.1) is 8.07 Å². The molecular formula is C32H56Si. The number of benzene rings is 1. The Kier molecular flexibility index (Phi) is 19.5. The molecule has 0 unspecified atom stereocenters. The standard InChI is InChI=1S/C32H56Si/c1-4-7-10-13-16-17-20-26-31-33(32-27-22-21-23-28-32,29-24-18-14-11-8-5-2)30-25-19-15-12-9-6-3/h18-19,21-25,27-28H,4-17,20,26,29-31H2,1-3H3. The molecule has 0 radical (unpaired) electrons. The van der Waals surface area contributed by atoms with Crippen LogP contribution >= 0.6 is 0 Å². The Hall–Kier alpha value is -1.08. The molecule has 0 heterocycles. The van der Waals surface area contributed by atoms with Crippen molar-refractivity contribution in [2.45, 2.75) is 142 Å². The van der Waals surface area contributed by atoms with Gasteiger partial charge >= 0.3 is 0 Å². The lowest BCUT2D eigenvalue weighted by molar-refractivity contribution is 0.584. The van der Waals surface area contributed by atoms with Gasteiger partial charge in [-0.3, -0.25) is 0 Å². The van der Waals surface area contributed by atoms with E-state index in [0.717, 1.165) is 0 Å². The first-order valence-corrected chi connectivity index (χ1v) is 17.3. The van der Waals surface area contributed by atoms with Gasteiger partial charge in [-0.15, -0.1) is 0 Å². The summed E-state index contributed by atoms with van der Waals surface area (Å²) in [5.74, 6) is 0. The molecule has 0 N–H and O–H groups in total. The molecule has 0 nitrogen and oxygen atoms in total. The van der Waals surface area contributed by atoms with Crippen LogP contribution in [-0.2, 0) is 0 Å². The second kappa shape index (κ2) is 21.5. The van der Waals surface area contributed by atoms with Crippen molar-refractivity contribution in [3.8, 4) is 0 Å². The molecule has 0 fully saturated rings. The SMILES string of the molecule is CCCCCC=CC[Si](CC=CCCCCC)(CCCCCCCCCC)c1ccccc1. The Morgan fingerprint density at radius 1 is 0.515 bits per heavy atom. The summed E-state index contributed by atoms with van der Waals surface area (Å²) < 4.78 is 0. The third-order valence-electron chi connectivity index (χ3n) is 7.19. The average molecular weight is 469 g/mol. The second-order valence-electron chi connectivity index (χ2n) is 10.2. The smallest absolute Gasteiger partial charge is 0.0909 e. The quantitative estimate of drug-likeness (QED) is 0.0901. The molecule has 0 aliphatic carbocycles. The van der Waals surface area contributed by atoms with E-state index < -0.39 is 8.07 Å². The minimum absolute atomic E-state index is 1.26. The Morgan fingerprint density at radius 3 is 1.48 bits per heavy atom. The van der Waals surface area contributed by atoms with E-state index >= 15 is 0 Å². The van der Waals surface area contributed by atoms with Gasteiger partial charge in [-0.1, -0.05) is 164 Å². The van der Waals surface area contributed by atoms with Crippen molar-refractivity contribution in [2.75, 3.05) is 0 Å². The molecule has 0 saturated heterocycles. The van der Waals surface area contributed by atoms with Gasteiger partial charge in [-0.2, -0.15) is 0 Å². The van der Waals surface area contributed by atoms with E-state index in [1.807, 2.05) is 0 Å². The first kappa shape index (κ1) is 29.9.